The number of aliphatic hydroxyl groups is 1. The number of hydrogen-bond acceptors (Lipinski definition) is 2. The number of rotatable bonds is 7. The van der Waals surface area contributed by atoms with Gasteiger partial charge in [-0.15, -0.1) is 0 Å². The molecule has 0 saturated heterocycles. The van der Waals surface area contributed by atoms with Crippen LogP contribution in [0.15, 0.2) is 12.3 Å². The summed E-state index contributed by atoms with van der Waals surface area (Å²) in [5, 5.41) is 14.5. The summed E-state index contributed by atoms with van der Waals surface area (Å²) in [5.41, 5.74) is 1.00. The predicted octanol–water partition coefficient (Wildman–Crippen LogP) is 3.19. The van der Waals surface area contributed by atoms with Crippen molar-refractivity contribution in [3.63, 3.8) is 0 Å². The molecule has 1 rings (SSSR count). The minimum Gasteiger partial charge on any atom is -0.392 e. The third-order valence-electron chi connectivity index (χ3n) is 3.70. The lowest BCUT2D eigenvalue weighted by atomic mass is 9.98. The van der Waals surface area contributed by atoms with E-state index in [4.69, 9.17) is 0 Å². The van der Waals surface area contributed by atoms with Gasteiger partial charge >= 0.3 is 0 Å². The Morgan fingerprint density at radius 2 is 1.88 bits per heavy atom. The zero-order valence-corrected chi connectivity index (χ0v) is 11.6. The van der Waals surface area contributed by atoms with E-state index in [1.165, 1.54) is 0 Å². The average molecular weight is 238 g/mol. The van der Waals surface area contributed by atoms with Crippen molar-refractivity contribution < 1.29 is 5.11 Å². The summed E-state index contributed by atoms with van der Waals surface area (Å²) >= 11 is 0. The Bertz CT molecular complexity index is 318. The summed E-state index contributed by atoms with van der Waals surface area (Å²) in [4.78, 5) is 0. The van der Waals surface area contributed by atoms with Crippen molar-refractivity contribution in [1.82, 2.24) is 9.78 Å². The van der Waals surface area contributed by atoms with E-state index in [9.17, 15) is 5.11 Å². The van der Waals surface area contributed by atoms with Gasteiger partial charge < -0.3 is 5.11 Å². The van der Waals surface area contributed by atoms with Gasteiger partial charge in [0, 0.05) is 12.6 Å². The fraction of sp³-hybridized carbons (Fsp3) is 0.786. The molecule has 1 aromatic rings. The monoisotopic (exact) mass is 238 g/mol. The first-order valence-corrected chi connectivity index (χ1v) is 6.84. The SMILES string of the molecule is CCC(C)C(O)Cc1ccn(C(CC)CC)n1. The van der Waals surface area contributed by atoms with Crippen molar-refractivity contribution in [2.45, 2.75) is 65.5 Å². The molecule has 3 heteroatoms. The van der Waals surface area contributed by atoms with Gasteiger partial charge in [-0.3, -0.25) is 4.68 Å². The normalized spacial score (nSPS) is 15.2. The second kappa shape index (κ2) is 6.80. The Kier molecular flexibility index (Phi) is 5.69. The molecule has 0 bridgehead atoms. The molecular formula is C14H26N2O. The predicted molar refractivity (Wildman–Crippen MR) is 71.0 cm³/mol. The number of aliphatic hydroxyl groups excluding tert-OH is 1. The van der Waals surface area contributed by atoms with Crippen molar-refractivity contribution >= 4 is 0 Å². The van der Waals surface area contributed by atoms with Crippen LogP contribution in [0.4, 0.5) is 0 Å². The van der Waals surface area contributed by atoms with Gasteiger partial charge in [-0.2, -0.15) is 5.10 Å². The van der Waals surface area contributed by atoms with Gasteiger partial charge in [0.05, 0.1) is 17.8 Å². The first-order chi connectivity index (χ1) is 8.12. The number of hydrogen-bond donors (Lipinski definition) is 1. The van der Waals surface area contributed by atoms with Crippen molar-refractivity contribution in [3.05, 3.63) is 18.0 Å². The molecular weight excluding hydrogens is 212 g/mol. The highest BCUT2D eigenvalue weighted by Gasteiger charge is 2.15. The minimum atomic E-state index is -0.273. The van der Waals surface area contributed by atoms with E-state index in [2.05, 4.69) is 32.8 Å². The molecule has 1 N–H and O–H groups in total. The zero-order chi connectivity index (χ0) is 12.8. The van der Waals surface area contributed by atoms with Gasteiger partial charge in [0.15, 0.2) is 0 Å². The third-order valence-corrected chi connectivity index (χ3v) is 3.70. The second-order valence-electron chi connectivity index (χ2n) is 4.91. The molecule has 0 radical (unpaired) electrons. The molecule has 3 nitrogen and oxygen atoms in total. The molecule has 0 saturated carbocycles. The van der Waals surface area contributed by atoms with Crippen LogP contribution in [0.3, 0.4) is 0 Å². The lowest BCUT2D eigenvalue weighted by Gasteiger charge is -2.16. The van der Waals surface area contributed by atoms with E-state index >= 15 is 0 Å². The smallest absolute Gasteiger partial charge is 0.0650 e. The maximum absolute atomic E-state index is 9.98. The van der Waals surface area contributed by atoms with Gasteiger partial charge in [-0.1, -0.05) is 34.1 Å². The molecule has 98 valence electrons. The summed E-state index contributed by atoms with van der Waals surface area (Å²) < 4.78 is 2.04. The van der Waals surface area contributed by atoms with Crippen molar-refractivity contribution in [2.24, 2.45) is 5.92 Å². The van der Waals surface area contributed by atoms with E-state index in [1.54, 1.807) is 0 Å². The number of nitrogens with zero attached hydrogens (tertiary/aromatic N) is 2. The first kappa shape index (κ1) is 14.2. The topological polar surface area (TPSA) is 38.0 Å². The first-order valence-electron chi connectivity index (χ1n) is 6.84. The Hall–Kier alpha value is -0.830. The van der Waals surface area contributed by atoms with E-state index in [0.29, 0.717) is 18.4 Å². The summed E-state index contributed by atoms with van der Waals surface area (Å²) in [6.45, 7) is 8.56. The molecule has 0 amide bonds. The van der Waals surface area contributed by atoms with Gasteiger partial charge in [-0.05, 0) is 24.8 Å². The molecule has 0 aliphatic rings. The summed E-state index contributed by atoms with van der Waals surface area (Å²) in [5.74, 6) is 0.341. The zero-order valence-electron chi connectivity index (χ0n) is 11.6. The van der Waals surface area contributed by atoms with Crippen LogP contribution >= 0.6 is 0 Å². The summed E-state index contributed by atoms with van der Waals surface area (Å²) in [6.07, 6.45) is 5.65. The maximum Gasteiger partial charge on any atom is 0.0650 e. The van der Waals surface area contributed by atoms with Crippen LogP contribution in [0.1, 0.15) is 58.7 Å². The van der Waals surface area contributed by atoms with Crippen LogP contribution in [-0.4, -0.2) is 21.0 Å². The number of aromatic nitrogens is 2. The van der Waals surface area contributed by atoms with Gasteiger partial charge in [0.25, 0.3) is 0 Å². The van der Waals surface area contributed by atoms with E-state index < -0.39 is 0 Å². The van der Waals surface area contributed by atoms with Crippen LogP contribution in [0, 0.1) is 5.92 Å². The van der Waals surface area contributed by atoms with Gasteiger partial charge in [0.1, 0.15) is 0 Å². The van der Waals surface area contributed by atoms with Crippen LogP contribution in [-0.2, 0) is 6.42 Å². The van der Waals surface area contributed by atoms with E-state index in [-0.39, 0.29) is 6.10 Å². The average Bonchev–Trinajstić information content (AvgIpc) is 2.78. The van der Waals surface area contributed by atoms with Crippen molar-refractivity contribution in [1.29, 1.82) is 0 Å². The molecule has 0 fully saturated rings. The molecule has 2 atom stereocenters. The second-order valence-corrected chi connectivity index (χ2v) is 4.91. The molecule has 1 aromatic heterocycles. The fourth-order valence-corrected chi connectivity index (χ4v) is 2.04. The lowest BCUT2D eigenvalue weighted by Crippen LogP contribution is -2.20. The third kappa shape index (κ3) is 3.84. The van der Waals surface area contributed by atoms with Crippen LogP contribution < -0.4 is 0 Å². The standard InChI is InChI=1S/C14H26N2O/c1-5-11(4)14(17)10-12-8-9-16(15-12)13(6-2)7-3/h8-9,11,13-14,17H,5-7,10H2,1-4H3. The van der Waals surface area contributed by atoms with Crippen LogP contribution in [0.25, 0.3) is 0 Å². The van der Waals surface area contributed by atoms with Crippen LogP contribution in [0.2, 0.25) is 0 Å². The van der Waals surface area contributed by atoms with E-state index in [1.807, 2.05) is 16.9 Å². The van der Waals surface area contributed by atoms with Crippen molar-refractivity contribution in [3.8, 4) is 0 Å². The van der Waals surface area contributed by atoms with E-state index in [0.717, 1.165) is 25.0 Å². The summed E-state index contributed by atoms with van der Waals surface area (Å²) in [7, 11) is 0. The van der Waals surface area contributed by atoms with Gasteiger partial charge in [0.2, 0.25) is 0 Å². The molecule has 2 unspecified atom stereocenters. The Balaban J connectivity index is 2.62. The Morgan fingerprint density at radius 3 is 2.41 bits per heavy atom. The molecule has 0 aliphatic heterocycles. The molecule has 0 spiro atoms. The minimum absolute atomic E-state index is 0.273. The highest BCUT2D eigenvalue weighted by molar-refractivity contribution is 5.01. The fourth-order valence-electron chi connectivity index (χ4n) is 2.04. The maximum atomic E-state index is 9.98. The quantitative estimate of drug-likeness (QED) is 0.792. The largest absolute Gasteiger partial charge is 0.392 e. The van der Waals surface area contributed by atoms with Gasteiger partial charge in [-0.25, -0.2) is 0 Å². The molecule has 1 heterocycles. The lowest BCUT2D eigenvalue weighted by molar-refractivity contribution is 0.113. The summed E-state index contributed by atoms with van der Waals surface area (Å²) in [6, 6.07) is 2.52. The highest BCUT2D eigenvalue weighted by atomic mass is 16.3. The van der Waals surface area contributed by atoms with Crippen LogP contribution in [0.5, 0.6) is 0 Å². The highest BCUT2D eigenvalue weighted by Crippen LogP contribution is 2.16. The molecule has 0 aromatic carbocycles. The Morgan fingerprint density at radius 1 is 1.24 bits per heavy atom. The molecule has 17 heavy (non-hydrogen) atoms. The molecule has 0 aliphatic carbocycles. The Labute approximate surface area is 105 Å². The van der Waals surface area contributed by atoms with Crippen molar-refractivity contribution in [2.75, 3.05) is 0 Å².